The predicted octanol–water partition coefficient (Wildman–Crippen LogP) is 16.2. The number of fused-ring (bicyclic) bond motifs is 5. The number of benzene rings is 7. The average Bonchev–Trinajstić information content (AvgIpc) is 3.84. The summed E-state index contributed by atoms with van der Waals surface area (Å²) in [5.41, 5.74) is 14.5. The molecule has 0 saturated heterocycles. The third-order valence-corrected chi connectivity index (χ3v) is 15.9. The van der Waals surface area contributed by atoms with E-state index in [4.69, 9.17) is 9.97 Å². The molecule has 0 aliphatic heterocycles. The molecule has 7 aromatic carbocycles. The molecule has 0 spiro atoms. The largest absolute Gasteiger partial charge is 0.333 e. The summed E-state index contributed by atoms with van der Waals surface area (Å²) in [5.74, 6) is 0.239. The summed E-state index contributed by atoms with van der Waals surface area (Å²) >= 11 is 1.85. The SMILES string of the molecule is Cc1ccc2c(c1)sc1c(-c3nc4cc5ccccc5cc4n3-c3c(C)cccc3C)[c-]cc(C)c12.[2H]C(C)(c1cc(-c2[c-]ccc(-c3ccccc3)c2)ncc1[Si](C)(C)C)C(C)(C)C.[Ir]. The zero-order valence-electron chi connectivity index (χ0n) is 40.4. The number of aromatic nitrogens is 3. The van der Waals surface area contributed by atoms with Crippen LogP contribution in [0.25, 0.3) is 81.4 Å². The third-order valence-electron chi connectivity index (χ3n) is 12.7. The molecular weight excluding hydrogens is 1000 g/mol. The Morgan fingerprint density at radius 1 is 0.738 bits per heavy atom. The molecule has 3 nitrogen and oxygen atoms in total. The van der Waals surface area contributed by atoms with Gasteiger partial charge in [0.25, 0.3) is 0 Å². The monoisotopic (exact) mass is 1060 g/mol. The molecule has 1 atom stereocenters. The van der Waals surface area contributed by atoms with Crippen LogP contribution in [-0.2, 0) is 20.1 Å². The molecule has 10 rings (SSSR count). The second kappa shape index (κ2) is 18.1. The number of rotatable bonds is 6. The number of imidazole rings is 1. The normalized spacial score (nSPS) is 13.1. The van der Waals surface area contributed by atoms with Crippen molar-refractivity contribution >= 4 is 66.6 Å². The van der Waals surface area contributed by atoms with Gasteiger partial charge in [0.05, 0.1) is 24.9 Å². The van der Waals surface area contributed by atoms with E-state index in [1.165, 1.54) is 69.6 Å². The van der Waals surface area contributed by atoms with Crippen molar-refractivity contribution in [2.24, 2.45) is 5.41 Å². The first-order valence-electron chi connectivity index (χ1n) is 22.8. The fraction of sp³-hybridized carbons (Fsp3) is 0.220. The summed E-state index contributed by atoms with van der Waals surface area (Å²) in [7, 11) is -1.65. The van der Waals surface area contributed by atoms with Gasteiger partial charge in [-0.3, -0.25) is 4.98 Å². The maximum absolute atomic E-state index is 9.26. The Kier molecular flexibility index (Phi) is 12.4. The number of nitrogens with zero attached hydrogens (tertiary/aromatic N) is 3. The minimum atomic E-state index is -1.65. The Morgan fingerprint density at radius 2 is 1.43 bits per heavy atom. The molecule has 3 aromatic heterocycles. The van der Waals surface area contributed by atoms with Crippen LogP contribution in [0.2, 0.25) is 19.6 Å². The van der Waals surface area contributed by atoms with Gasteiger partial charge in [-0.05, 0) is 104 Å². The molecule has 329 valence electrons. The smallest absolute Gasteiger partial charge is 0.0799 e. The Labute approximate surface area is 405 Å². The van der Waals surface area contributed by atoms with Crippen molar-refractivity contribution in [3.05, 3.63) is 180 Å². The van der Waals surface area contributed by atoms with Crippen molar-refractivity contribution in [1.82, 2.24) is 14.5 Å². The van der Waals surface area contributed by atoms with E-state index in [2.05, 4.69) is 206 Å². The van der Waals surface area contributed by atoms with E-state index in [0.717, 1.165) is 44.8 Å². The molecule has 1 radical (unpaired) electrons. The van der Waals surface area contributed by atoms with Crippen molar-refractivity contribution in [1.29, 1.82) is 0 Å². The van der Waals surface area contributed by atoms with E-state index >= 15 is 0 Å². The van der Waals surface area contributed by atoms with Gasteiger partial charge < -0.3 is 9.55 Å². The van der Waals surface area contributed by atoms with Crippen LogP contribution < -0.4 is 5.19 Å². The predicted molar refractivity (Wildman–Crippen MR) is 279 cm³/mol. The van der Waals surface area contributed by atoms with Gasteiger partial charge in [0.2, 0.25) is 0 Å². The number of thiophene rings is 1. The van der Waals surface area contributed by atoms with E-state index in [-0.39, 0.29) is 25.5 Å². The van der Waals surface area contributed by atoms with Crippen LogP contribution in [0.1, 0.15) is 62.8 Å². The van der Waals surface area contributed by atoms with Gasteiger partial charge >= 0.3 is 0 Å². The summed E-state index contributed by atoms with van der Waals surface area (Å²) in [6.07, 6.45) is 2.03. The molecule has 0 aliphatic carbocycles. The molecule has 0 aliphatic rings. The quantitative estimate of drug-likeness (QED) is 0.123. The maximum atomic E-state index is 9.26. The molecule has 65 heavy (non-hydrogen) atoms. The number of pyridine rings is 1. The fourth-order valence-electron chi connectivity index (χ4n) is 8.91. The molecule has 3 heterocycles. The molecule has 0 N–H and O–H groups in total. The Hall–Kier alpha value is -5.49. The van der Waals surface area contributed by atoms with Gasteiger partial charge in [0.1, 0.15) is 0 Å². The van der Waals surface area contributed by atoms with E-state index in [0.29, 0.717) is 0 Å². The zero-order chi connectivity index (χ0) is 46.0. The van der Waals surface area contributed by atoms with Crippen LogP contribution in [0.5, 0.6) is 0 Å². The van der Waals surface area contributed by atoms with Crippen LogP contribution in [0.4, 0.5) is 0 Å². The minimum absolute atomic E-state index is 0. The Balaban J connectivity index is 0.000000182. The molecule has 0 amide bonds. The van der Waals surface area contributed by atoms with E-state index < -0.39 is 14.0 Å². The summed E-state index contributed by atoms with van der Waals surface area (Å²) in [6, 6.07) is 54.2. The van der Waals surface area contributed by atoms with E-state index in [1.807, 2.05) is 36.6 Å². The minimum Gasteiger partial charge on any atom is -0.333 e. The topological polar surface area (TPSA) is 30.7 Å². The maximum Gasteiger partial charge on any atom is 0.0799 e. The Morgan fingerprint density at radius 3 is 2.12 bits per heavy atom. The molecule has 6 heteroatoms. The van der Waals surface area contributed by atoms with Crippen LogP contribution >= 0.6 is 11.3 Å². The van der Waals surface area contributed by atoms with Gasteiger partial charge in [0, 0.05) is 38.1 Å². The number of aryl methyl sites for hydroxylation is 4. The fourth-order valence-corrected chi connectivity index (χ4v) is 11.8. The molecule has 1 unspecified atom stereocenters. The van der Waals surface area contributed by atoms with Crippen molar-refractivity contribution < 1.29 is 21.5 Å². The first-order chi connectivity index (χ1) is 30.9. The van der Waals surface area contributed by atoms with Gasteiger partial charge in [0.15, 0.2) is 0 Å². The van der Waals surface area contributed by atoms with E-state index in [1.54, 1.807) is 0 Å². The molecule has 0 bridgehead atoms. The van der Waals surface area contributed by atoms with Gasteiger partial charge in [-0.15, -0.1) is 53.1 Å². The first-order valence-corrected chi connectivity index (χ1v) is 26.6. The Bertz CT molecular complexity index is 3410. The standard InChI is InChI=1S/C33H25N2S.C26H32NSi.Ir/c1-19-12-14-25-29(16-19)36-32-26(15-13-20(2)30(25)32)33-34-27-17-23-10-5-6-11-24(23)18-28(27)35(33)31-21(3)8-7-9-22(31)4;1-19(26(2,3)4)23-17-24(27-18-25(23)28(5,6)7)22-15-11-14-21(16-22)20-12-9-8-10-13-20;/h5-14,16-18H,1-4H3;8-14,16-19H,1-7H3;/q2*-1;/i;19D;. The van der Waals surface area contributed by atoms with Crippen LogP contribution in [0.15, 0.2) is 140 Å². The van der Waals surface area contributed by atoms with Crippen LogP contribution in [-0.4, -0.2) is 22.6 Å². The second-order valence-electron chi connectivity index (χ2n) is 19.4. The van der Waals surface area contributed by atoms with Crippen molar-refractivity contribution in [3.8, 4) is 39.5 Å². The zero-order valence-corrected chi connectivity index (χ0v) is 43.6. The third kappa shape index (κ3) is 8.95. The van der Waals surface area contributed by atoms with Crippen LogP contribution in [0.3, 0.4) is 0 Å². The van der Waals surface area contributed by atoms with Crippen molar-refractivity contribution in [3.63, 3.8) is 0 Å². The number of hydrogen-bond acceptors (Lipinski definition) is 3. The number of para-hydroxylation sites is 1. The molecule has 0 fully saturated rings. The van der Waals surface area contributed by atoms with Gasteiger partial charge in [-0.25, -0.2) is 0 Å². The van der Waals surface area contributed by atoms with Crippen molar-refractivity contribution in [2.75, 3.05) is 0 Å². The average molecular weight is 1060 g/mol. The van der Waals surface area contributed by atoms with Crippen molar-refractivity contribution in [2.45, 2.75) is 80.9 Å². The van der Waals surface area contributed by atoms with Gasteiger partial charge in [-0.2, -0.15) is 11.3 Å². The van der Waals surface area contributed by atoms with E-state index in [9.17, 15) is 1.37 Å². The molecule has 10 aromatic rings. The first kappa shape index (κ1) is 44.7. The second-order valence-corrected chi connectivity index (χ2v) is 25.5. The van der Waals surface area contributed by atoms with Crippen LogP contribution in [0, 0.1) is 45.2 Å². The molecule has 0 saturated carbocycles. The summed E-state index contributed by atoms with van der Waals surface area (Å²) < 4.78 is 14.2. The number of hydrogen-bond donors (Lipinski definition) is 0. The summed E-state index contributed by atoms with van der Waals surface area (Å²) in [6.45, 7) is 24.2. The summed E-state index contributed by atoms with van der Waals surface area (Å²) in [4.78, 5) is 10.1. The molecular formula is C59H57IrN3SSi-2. The van der Waals surface area contributed by atoms with Gasteiger partial charge in [-0.1, -0.05) is 162 Å². The summed E-state index contributed by atoms with van der Waals surface area (Å²) in [5, 5.41) is 6.33.